The molecule has 0 aromatic carbocycles. The van der Waals surface area contributed by atoms with Crippen molar-refractivity contribution in [2.45, 2.75) is 108 Å². The summed E-state index contributed by atoms with van der Waals surface area (Å²) in [7, 11) is 0. The molecule has 0 radical (unpaired) electrons. The molecule has 0 aromatic rings. The van der Waals surface area contributed by atoms with Gasteiger partial charge in [-0.3, -0.25) is 0 Å². The van der Waals surface area contributed by atoms with Gasteiger partial charge in [-0.2, -0.15) is 0 Å². The fraction of sp³-hybridized carbons (Fsp3) is 0.900. The molecule has 2 fully saturated rings. The SMILES string of the molecule is C=C(OC(C)(C)C)[C@H]1S[C@]1(C)CC[C@@H](C)O[C@@H]1O[C@@H](C)[C@H](O)C[C@H]1C. The van der Waals surface area contributed by atoms with Crippen LogP contribution in [0.2, 0.25) is 0 Å². The van der Waals surface area contributed by atoms with Gasteiger partial charge in [0.2, 0.25) is 0 Å². The minimum Gasteiger partial charge on any atom is -0.492 e. The van der Waals surface area contributed by atoms with Gasteiger partial charge in [0, 0.05) is 10.7 Å². The largest absolute Gasteiger partial charge is 0.492 e. The van der Waals surface area contributed by atoms with Gasteiger partial charge in [-0.05, 0) is 60.8 Å². The van der Waals surface area contributed by atoms with E-state index in [9.17, 15) is 5.11 Å². The van der Waals surface area contributed by atoms with Gasteiger partial charge in [0.1, 0.15) is 11.4 Å². The Hall–Kier alpha value is -0.230. The quantitative estimate of drug-likeness (QED) is 0.526. The monoisotopic (exact) mass is 372 g/mol. The lowest BCUT2D eigenvalue weighted by Gasteiger charge is -2.37. The molecule has 0 amide bonds. The highest BCUT2D eigenvalue weighted by molar-refractivity contribution is 8.08. The first kappa shape index (κ1) is 21.1. The van der Waals surface area contributed by atoms with E-state index in [2.05, 4.69) is 48.1 Å². The highest BCUT2D eigenvalue weighted by Crippen LogP contribution is 2.59. The number of aliphatic hydroxyl groups excluding tert-OH is 1. The van der Waals surface area contributed by atoms with Crippen molar-refractivity contribution in [3.05, 3.63) is 12.3 Å². The first-order chi connectivity index (χ1) is 11.4. The maximum absolute atomic E-state index is 9.88. The van der Waals surface area contributed by atoms with Crippen LogP contribution in [0.3, 0.4) is 0 Å². The number of hydrogen-bond donors (Lipinski definition) is 1. The summed E-state index contributed by atoms with van der Waals surface area (Å²) in [6.07, 6.45) is 2.14. The summed E-state index contributed by atoms with van der Waals surface area (Å²) in [5.74, 6) is 1.10. The Labute approximate surface area is 157 Å². The molecule has 146 valence electrons. The number of hydrogen-bond acceptors (Lipinski definition) is 5. The number of aliphatic hydroxyl groups is 1. The molecule has 4 nitrogen and oxygen atoms in total. The zero-order chi connectivity index (χ0) is 19.0. The van der Waals surface area contributed by atoms with E-state index < -0.39 is 0 Å². The van der Waals surface area contributed by atoms with Crippen LogP contribution in [-0.2, 0) is 14.2 Å². The third kappa shape index (κ3) is 5.88. The van der Waals surface area contributed by atoms with Crippen molar-refractivity contribution in [1.82, 2.24) is 0 Å². The van der Waals surface area contributed by atoms with Crippen molar-refractivity contribution in [2.75, 3.05) is 0 Å². The lowest BCUT2D eigenvalue weighted by Crippen LogP contribution is -2.44. The average molecular weight is 373 g/mol. The number of rotatable bonds is 7. The molecule has 0 spiro atoms. The zero-order valence-corrected chi connectivity index (χ0v) is 17.7. The molecule has 2 rings (SSSR count). The number of thioether (sulfide) groups is 1. The highest BCUT2D eigenvalue weighted by atomic mass is 32.2. The molecule has 7 atom stereocenters. The molecule has 2 heterocycles. The summed E-state index contributed by atoms with van der Waals surface area (Å²) in [4.78, 5) is 0. The van der Waals surface area contributed by atoms with Gasteiger partial charge in [0.05, 0.1) is 23.6 Å². The molecule has 0 bridgehead atoms. The molecule has 25 heavy (non-hydrogen) atoms. The maximum Gasteiger partial charge on any atom is 0.161 e. The smallest absolute Gasteiger partial charge is 0.161 e. The van der Waals surface area contributed by atoms with Gasteiger partial charge >= 0.3 is 0 Å². The van der Waals surface area contributed by atoms with E-state index in [0.717, 1.165) is 25.0 Å². The third-order valence-corrected chi connectivity index (χ3v) is 6.74. The Morgan fingerprint density at radius 3 is 2.64 bits per heavy atom. The highest BCUT2D eigenvalue weighted by Gasteiger charge is 2.54. The van der Waals surface area contributed by atoms with Crippen molar-refractivity contribution in [3.63, 3.8) is 0 Å². The Morgan fingerprint density at radius 2 is 2.04 bits per heavy atom. The van der Waals surface area contributed by atoms with Crippen molar-refractivity contribution in [2.24, 2.45) is 5.92 Å². The fourth-order valence-electron chi connectivity index (χ4n) is 3.35. The zero-order valence-electron chi connectivity index (χ0n) is 16.9. The van der Waals surface area contributed by atoms with Crippen LogP contribution in [0.4, 0.5) is 0 Å². The van der Waals surface area contributed by atoms with E-state index in [1.807, 2.05) is 18.7 Å². The molecule has 0 unspecified atom stereocenters. The fourth-order valence-corrected chi connectivity index (χ4v) is 4.49. The second kappa shape index (κ2) is 7.79. The van der Waals surface area contributed by atoms with Crippen LogP contribution < -0.4 is 0 Å². The van der Waals surface area contributed by atoms with Gasteiger partial charge < -0.3 is 19.3 Å². The van der Waals surface area contributed by atoms with Gasteiger partial charge in [-0.1, -0.05) is 13.5 Å². The Bertz CT molecular complexity index is 475. The van der Waals surface area contributed by atoms with E-state index >= 15 is 0 Å². The molecular formula is C20H36O4S. The predicted molar refractivity (Wildman–Crippen MR) is 104 cm³/mol. The summed E-state index contributed by atoms with van der Waals surface area (Å²) in [5.41, 5.74) is -0.187. The van der Waals surface area contributed by atoms with Crippen LogP contribution >= 0.6 is 11.8 Å². The van der Waals surface area contributed by atoms with Crippen LogP contribution in [-0.4, -0.2) is 45.3 Å². The average Bonchev–Trinajstić information content (AvgIpc) is 3.14. The molecule has 5 heteroatoms. The molecule has 2 aliphatic heterocycles. The summed E-state index contributed by atoms with van der Waals surface area (Å²) < 4.78 is 18.1. The number of ether oxygens (including phenoxy) is 3. The molecule has 2 aliphatic rings. The summed E-state index contributed by atoms with van der Waals surface area (Å²) in [6, 6.07) is 0. The van der Waals surface area contributed by atoms with Gasteiger partial charge in [-0.25, -0.2) is 0 Å². The second-order valence-corrected chi connectivity index (χ2v) is 10.6. The minimum absolute atomic E-state index is 0.130. The maximum atomic E-state index is 9.88. The van der Waals surface area contributed by atoms with Crippen LogP contribution in [0.15, 0.2) is 12.3 Å². The third-order valence-electron chi connectivity index (χ3n) is 5.00. The molecule has 1 N–H and O–H groups in total. The predicted octanol–water partition coefficient (Wildman–Crippen LogP) is 4.51. The first-order valence-corrected chi connectivity index (χ1v) is 10.3. The first-order valence-electron chi connectivity index (χ1n) is 9.46. The molecule has 0 aliphatic carbocycles. The van der Waals surface area contributed by atoms with Crippen LogP contribution in [0.5, 0.6) is 0 Å². The van der Waals surface area contributed by atoms with Crippen molar-refractivity contribution in [1.29, 1.82) is 0 Å². The van der Waals surface area contributed by atoms with Gasteiger partial charge in [-0.15, -0.1) is 11.8 Å². The normalized spacial score (nSPS) is 39.8. The van der Waals surface area contributed by atoms with Crippen LogP contribution in [0.25, 0.3) is 0 Å². The summed E-state index contributed by atoms with van der Waals surface area (Å²) in [5, 5.41) is 10.3. The van der Waals surface area contributed by atoms with E-state index in [0.29, 0.717) is 5.25 Å². The Morgan fingerprint density at radius 1 is 1.40 bits per heavy atom. The van der Waals surface area contributed by atoms with Gasteiger partial charge in [0.25, 0.3) is 0 Å². The molecule has 0 aromatic heterocycles. The Kier molecular flexibility index (Phi) is 6.57. The van der Waals surface area contributed by atoms with Crippen molar-refractivity contribution >= 4 is 11.8 Å². The van der Waals surface area contributed by atoms with Crippen molar-refractivity contribution < 1.29 is 19.3 Å². The van der Waals surface area contributed by atoms with E-state index in [4.69, 9.17) is 14.2 Å². The lowest BCUT2D eigenvalue weighted by molar-refractivity contribution is -0.255. The lowest BCUT2D eigenvalue weighted by atomic mass is 9.96. The minimum atomic E-state index is -0.387. The van der Waals surface area contributed by atoms with E-state index in [1.165, 1.54) is 0 Å². The van der Waals surface area contributed by atoms with Gasteiger partial charge in [0.15, 0.2) is 6.29 Å². The molecule has 0 saturated carbocycles. The molecule has 2 saturated heterocycles. The van der Waals surface area contributed by atoms with E-state index in [-0.39, 0.29) is 40.9 Å². The molecular weight excluding hydrogens is 336 g/mol. The van der Waals surface area contributed by atoms with E-state index in [1.54, 1.807) is 0 Å². The van der Waals surface area contributed by atoms with Crippen LogP contribution in [0, 0.1) is 5.92 Å². The summed E-state index contributed by atoms with van der Waals surface area (Å²) >= 11 is 1.93. The second-order valence-electron chi connectivity index (χ2n) is 8.97. The topological polar surface area (TPSA) is 47.9 Å². The summed E-state index contributed by atoms with van der Waals surface area (Å²) in [6.45, 7) is 18.7. The van der Waals surface area contributed by atoms with Crippen molar-refractivity contribution in [3.8, 4) is 0 Å². The van der Waals surface area contributed by atoms with Crippen LogP contribution in [0.1, 0.15) is 67.7 Å². The standard InChI is InChI=1S/C20H36O4S/c1-12-11-16(21)14(3)23-18(12)22-13(2)9-10-20(8)17(25-20)15(4)24-19(5,6)7/h12-14,16-18,21H,4,9-11H2,1-3,5-8H3/t12-,13-,14+,16-,17-,18-,20-/m1/s1. The Balaban J connectivity index is 1.75.